The largest absolute Gasteiger partial charge is 0.359 e. The number of hydrogen-bond donors (Lipinski definition) is 0. The second kappa shape index (κ2) is 5.44. The highest BCUT2D eigenvalue weighted by Crippen LogP contribution is 2.22. The molecule has 0 aliphatic carbocycles. The SMILES string of the molecule is Cc1ncnc(N(C)C[C@H](C)c2nccs2)c1C. The van der Waals surface area contributed by atoms with Gasteiger partial charge in [-0.2, -0.15) is 0 Å². The molecule has 0 unspecified atom stereocenters. The Hall–Kier alpha value is -1.49. The number of hydrogen-bond acceptors (Lipinski definition) is 5. The van der Waals surface area contributed by atoms with Gasteiger partial charge in [-0.1, -0.05) is 6.92 Å². The van der Waals surface area contributed by atoms with Gasteiger partial charge in [0.05, 0.1) is 5.01 Å². The number of likely N-dealkylation sites (N-methyl/N-ethyl adjacent to an activating group) is 1. The lowest BCUT2D eigenvalue weighted by Crippen LogP contribution is -2.25. The van der Waals surface area contributed by atoms with E-state index in [1.165, 1.54) is 5.01 Å². The Morgan fingerprint density at radius 3 is 2.72 bits per heavy atom. The van der Waals surface area contributed by atoms with Crippen LogP contribution in [0.3, 0.4) is 0 Å². The van der Waals surface area contributed by atoms with Gasteiger partial charge in [-0.15, -0.1) is 11.3 Å². The predicted octanol–water partition coefficient (Wildman–Crippen LogP) is 2.79. The van der Waals surface area contributed by atoms with Gasteiger partial charge in [0.2, 0.25) is 0 Å². The minimum atomic E-state index is 0.407. The van der Waals surface area contributed by atoms with Crippen LogP contribution in [0.15, 0.2) is 17.9 Å². The summed E-state index contributed by atoms with van der Waals surface area (Å²) in [5, 5.41) is 3.19. The fourth-order valence-corrected chi connectivity index (χ4v) is 2.65. The van der Waals surface area contributed by atoms with Gasteiger partial charge in [0.25, 0.3) is 0 Å². The predicted molar refractivity (Wildman–Crippen MR) is 75.3 cm³/mol. The van der Waals surface area contributed by atoms with Gasteiger partial charge in [0.1, 0.15) is 12.1 Å². The van der Waals surface area contributed by atoms with E-state index in [-0.39, 0.29) is 0 Å². The molecule has 96 valence electrons. The number of aromatic nitrogens is 3. The van der Waals surface area contributed by atoms with Crippen molar-refractivity contribution in [1.82, 2.24) is 15.0 Å². The van der Waals surface area contributed by atoms with E-state index in [1.54, 1.807) is 17.7 Å². The Balaban J connectivity index is 2.12. The maximum atomic E-state index is 4.37. The third-order valence-corrected chi connectivity index (χ3v) is 4.10. The lowest BCUT2D eigenvalue weighted by atomic mass is 10.1. The van der Waals surface area contributed by atoms with Crippen LogP contribution in [0.1, 0.15) is 29.1 Å². The quantitative estimate of drug-likeness (QED) is 0.849. The van der Waals surface area contributed by atoms with Gasteiger partial charge in [0, 0.05) is 42.3 Å². The molecule has 0 spiro atoms. The molecular formula is C13H18N4S. The van der Waals surface area contributed by atoms with Crippen LogP contribution in [0.4, 0.5) is 5.82 Å². The third kappa shape index (κ3) is 2.67. The topological polar surface area (TPSA) is 41.9 Å². The molecule has 2 aromatic rings. The van der Waals surface area contributed by atoms with Crippen LogP contribution < -0.4 is 4.90 Å². The van der Waals surface area contributed by atoms with E-state index in [0.717, 1.165) is 23.6 Å². The van der Waals surface area contributed by atoms with Crippen LogP contribution in [0.5, 0.6) is 0 Å². The zero-order chi connectivity index (χ0) is 13.1. The molecule has 2 heterocycles. The zero-order valence-electron chi connectivity index (χ0n) is 11.2. The van der Waals surface area contributed by atoms with Crippen molar-refractivity contribution in [2.45, 2.75) is 26.7 Å². The van der Waals surface area contributed by atoms with E-state index in [4.69, 9.17) is 0 Å². The van der Waals surface area contributed by atoms with Crippen LogP contribution in [0, 0.1) is 13.8 Å². The smallest absolute Gasteiger partial charge is 0.134 e. The highest BCUT2D eigenvalue weighted by molar-refractivity contribution is 7.09. The van der Waals surface area contributed by atoms with Gasteiger partial charge in [0.15, 0.2) is 0 Å². The van der Waals surface area contributed by atoms with E-state index >= 15 is 0 Å². The van der Waals surface area contributed by atoms with E-state index in [0.29, 0.717) is 5.92 Å². The maximum absolute atomic E-state index is 4.37. The summed E-state index contributed by atoms with van der Waals surface area (Å²) in [6.07, 6.45) is 3.48. The molecule has 2 aromatic heterocycles. The molecule has 0 saturated heterocycles. The van der Waals surface area contributed by atoms with Crippen LogP contribution >= 0.6 is 11.3 Å². The lowest BCUT2D eigenvalue weighted by molar-refractivity contribution is 0.718. The Morgan fingerprint density at radius 2 is 2.06 bits per heavy atom. The van der Waals surface area contributed by atoms with Gasteiger partial charge in [-0.3, -0.25) is 0 Å². The third-order valence-electron chi connectivity index (χ3n) is 3.09. The first-order chi connectivity index (χ1) is 8.59. The number of nitrogens with zero attached hydrogens (tertiary/aromatic N) is 4. The first kappa shape index (κ1) is 13.0. The van der Waals surface area contributed by atoms with Gasteiger partial charge >= 0.3 is 0 Å². The highest BCUT2D eigenvalue weighted by atomic mass is 32.1. The first-order valence-corrected chi connectivity index (χ1v) is 6.86. The van der Waals surface area contributed by atoms with Crippen LogP contribution in [-0.4, -0.2) is 28.5 Å². The maximum Gasteiger partial charge on any atom is 0.134 e. The summed E-state index contributed by atoms with van der Waals surface area (Å²) in [7, 11) is 2.07. The summed E-state index contributed by atoms with van der Waals surface area (Å²) >= 11 is 1.71. The van der Waals surface area contributed by atoms with Crippen LogP contribution in [0.25, 0.3) is 0 Å². The van der Waals surface area contributed by atoms with E-state index < -0.39 is 0 Å². The highest BCUT2D eigenvalue weighted by Gasteiger charge is 2.14. The minimum absolute atomic E-state index is 0.407. The van der Waals surface area contributed by atoms with Crippen molar-refractivity contribution in [2.24, 2.45) is 0 Å². The molecule has 0 saturated carbocycles. The van der Waals surface area contributed by atoms with Crippen molar-refractivity contribution in [2.75, 3.05) is 18.5 Å². The molecule has 4 nitrogen and oxygen atoms in total. The number of thiazole rings is 1. The second-order valence-electron chi connectivity index (χ2n) is 4.56. The molecule has 0 fully saturated rings. The summed E-state index contributed by atoms with van der Waals surface area (Å²) in [6, 6.07) is 0. The number of anilines is 1. The van der Waals surface area contributed by atoms with Crippen molar-refractivity contribution >= 4 is 17.2 Å². The van der Waals surface area contributed by atoms with Crippen molar-refractivity contribution < 1.29 is 0 Å². The van der Waals surface area contributed by atoms with Crippen molar-refractivity contribution in [3.63, 3.8) is 0 Å². The summed E-state index contributed by atoms with van der Waals surface area (Å²) in [6.45, 7) is 7.18. The fraction of sp³-hybridized carbons (Fsp3) is 0.462. The van der Waals surface area contributed by atoms with Crippen LogP contribution in [0.2, 0.25) is 0 Å². The molecule has 0 bridgehead atoms. The number of rotatable bonds is 4. The van der Waals surface area contributed by atoms with E-state index in [9.17, 15) is 0 Å². The summed E-state index contributed by atoms with van der Waals surface area (Å²) in [5.74, 6) is 1.41. The Morgan fingerprint density at radius 1 is 1.28 bits per heavy atom. The average molecular weight is 262 g/mol. The molecular weight excluding hydrogens is 244 g/mol. The monoisotopic (exact) mass is 262 g/mol. The van der Waals surface area contributed by atoms with Crippen molar-refractivity contribution in [1.29, 1.82) is 0 Å². The standard InChI is InChI=1S/C13H18N4S/c1-9(13-14-5-6-18-13)7-17(4)12-10(2)11(3)15-8-16-12/h5-6,8-9H,7H2,1-4H3/t9-/m0/s1. The van der Waals surface area contributed by atoms with E-state index in [2.05, 4.69) is 40.7 Å². The Bertz CT molecular complexity index is 510. The van der Waals surface area contributed by atoms with E-state index in [1.807, 2.05) is 18.5 Å². The van der Waals surface area contributed by atoms with Crippen LogP contribution in [-0.2, 0) is 0 Å². The van der Waals surface area contributed by atoms with Crippen molar-refractivity contribution in [3.05, 3.63) is 34.2 Å². The van der Waals surface area contributed by atoms with Crippen molar-refractivity contribution in [3.8, 4) is 0 Å². The molecule has 18 heavy (non-hydrogen) atoms. The minimum Gasteiger partial charge on any atom is -0.359 e. The molecule has 0 aliphatic rings. The average Bonchev–Trinajstić information content (AvgIpc) is 2.86. The Kier molecular flexibility index (Phi) is 3.91. The fourth-order valence-electron chi connectivity index (χ4n) is 1.96. The molecule has 0 aromatic carbocycles. The zero-order valence-corrected chi connectivity index (χ0v) is 12.0. The van der Waals surface area contributed by atoms with Gasteiger partial charge in [-0.05, 0) is 13.8 Å². The summed E-state index contributed by atoms with van der Waals surface area (Å²) in [4.78, 5) is 15.1. The molecule has 0 radical (unpaired) electrons. The molecule has 5 heteroatoms. The van der Waals surface area contributed by atoms with Gasteiger partial charge in [-0.25, -0.2) is 15.0 Å². The molecule has 2 rings (SSSR count). The van der Waals surface area contributed by atoms with Gasteiger partial charge < -0.3 is 4.90 Å². The molecule has 1 atom stereocenters. The Labute approximate surface area is 112 Å². The number of aryl methyl sites for hydroxylation is 1. The summed E-state index contributed by atoms with van der Waals surface area (Å²) in [5.41, 5.74) is 2.18. The second-order valence-corrected chi connectivity index (χ2v) is 5.49. The molecule has 0 amide bonds. The molecule has 0 aliphatic heterocycles. The molecule has 0 N–H and O–H groups in total. The summed E-state index contributed by atoms with van der Waals surface area (Å²) < 4.78 is 0. The first-order valence-electron chi connectivity index (χ1n) is 5.98. The lowest BCUT2D eigenvalue weighted by Gasteiger charge is -2.23. The normalized spacial score (nSPS) is 12.4.